The summed E-state index contributed by atoms with van der Waals surface area (Å²) in [7, 11) is 1.64. The van der Waals surface area contributed by atoms with Gasteiger partial charge in [0.2, 0.25) is 0 Å². The normalized spacial score (nSPS) is 17.7. The Labute approximate surface area is 231 Å². The molecule has 0 N–H and O–H groups in total. The van der Waals surface area contributed by atoms with Gasteiger partial charge in [-0.2, -0.15) is 0 Å². The number of thiophene rings is 1. The van der Waals surface area contributed by atoms with E-state index in [1.807, 2.05) is 31.2 Å². The summed E-state index contributed by atoms with van der Waals surface area (Å²) in [5.74, 6) is 0.843. The number of halogens is 1. The van der Waals surface area contributed by atoms with Gasteiger partial charge >= 0.3 is 5.69 Å². The molecule has 5 rings (SSSR count). The number of piperidine rings is 1. The minimum Gasteiger partial charge on any atom is -0.489 e. The van der Waals surface area contributed by atoms with Crippen molar-refractivity contribution in [1.82, 2.24) is 19.0 Å². The van der Waals surface area contributed by atoms with Crippen LogP contribution in [0.15, 0.2) is 52.3 Å². The zero-order valence-corrected chi connectivity index (χ0v) is 24.0. The van der Waals surface area contributed by atoms with E-state index in [4.69, 9.17) is 16.3 Å². The number of aryl methyl sites for hydroxylation is 2. The molecule has 200 valence electrons. The second-order valence-electron chi connectivity index (χ2n) is 10.6. The molecule has 0 amide bonds. The summed E-state index contributed by atoms with van der Waals surface area (Å²) < 4.78 is 10.4. The van der Waals surface area contributed by atoms with E-state index in [1.54, 1.807) is 13.2 Å². The third-order valence-electron chi connectivity index (χ3n) is 7.52. The van der Waals surface area contributed by atoms with E-state index in [9.17, 15) is 9.59 Å². The van der Waals surface area contributed by atoms with Gasteiger partial charge in [-0.25, -0.2) is 4.79 Å². The third-order valence-corrected chi connectivity index (χ3v) is 8.88. The van der Waals surface area contributed by atoms with Crippen molar-refractivity contribution in [2.45, 2.75) is 58.7 Å². The molecule has 9 heteroatoms. The van der Waals surface area contributed by atoms with Crippen molar-refractivity contribution in [3.05, 3.63) is 79.0 Å². The van der Waals surface area contributed by atoms with Crippen molar-refractivity contribution in [2.75, 3.05) is 13.1 Å². The largest absolute Gasteiger partial charge is 0.489 e. The lowest BCUT2D eigenvalue weighted by Gasteiger charge is -2.45. The Morgan fingerprint density at radius 3 is 2.71 bits per heavy atom. The molecule has 1 saturated heterocycles. The van der Waals surface area contributed by atoms with Crippen molar-refractivity contribution in [3.8, 4) is 16.9 Å². The number of likely N-dealkylation sites (tertiary alicyclic amines) is 1. The molecule has 1 fully saturated rings. The summed E-state index contributed by atoms with van der Waals surface area (Å²) in [6, 6.07) is 9.24. The fourth-order valence-corrected chi connectivity index (χ4v) is 6.93. The van der Waals surface area contributed by atoms with Gasteiger partial charge in [-0.3, -0.25) is 19.2 Å². The predicted molar refractivity (Wildman–Crippen MR) is 155 cm³/mol. The first kappa shape index (κ1) is 26.7. The van der Waals surface area contributed by atoms with Gasteiger partial charge in [-0.1, -0.05) is 18.5 Å². The molecule has 4 aromatic rings. The summed E-state index contributed by atoms with van der Waals surface area (Å²) in [6.07, 6.45) is 5.28. The van der Waals surface area contributed by atoms with E-state index >= 15 is 0 Å². The summed E-state index contributed by atoms with van der Waals surface area (Å²) in [6.45, 7) is 11.0. The van der Waals surface area contributed by atoms with Crippen LogP contribution in [-0.4, -0.2) is 43.8 Å². The minimum absolute atomic E-state index is 0.0668. The molecule has 1 aliphatic heterocycles. The van der Waals surface area contributed by atoms with Gasteiger partial charge in [-0.15, -0.1) is 11.3 Å². The molecule has 0 aliphatic carbocycles. The van der Waals surface area contributed by atoms with Crippen molar-refractivity contribution >= 4 is 33.2 Å². The fraction of sp³-hybridized carbons (Fsp3) is 0.414. The van der Waals surface area contributed by atoms with Crippen LogP contribution in [-0.2, 0) is 13.6 Å². The molecule has 0 radical (unpaired) electrons. The number of pyridine rings is 1. The van der Waals surface area contributed by atoms with Crippen molar-refractivity contribution < 1.29 is 4.74 Å². The number of ether oxygens (including phenoxy) is 1. The molecule has 0 unspecified atom stereocenters. The van der Waals surface area contributed by atoms with Crippen molar-refractivity contribution in [1.29, 1.82) is 0 Å². The third kappa shape index (κ3) is 5.05. The highest BCUT2D eigenvalue weighted by molar-refractivity contribution is 7.19. The Morgan fingerprint density at radius 2 is 1.97 bits per heavy atom. The quantitative estimate of drug-likeness (QED) is 0.317. The first-order valence-electron chi connectivity index (χ1n) is 12.9. The standard InChI is InChI=1S/C29H33ClN4O3S/c1-6-33-12-8-20(16-29(33,3)4)37-26-18(2)13-19(30)14-23(26)22-7-10-31-24-15-21(38-27(22)24)17-34-25(35)9-11-32(5)28(34)36/h7,9-11,13-15,20H,6,8,12,16-17H2,1-5H3/t20-/m0/s1. The molecule has 1 aromatic carbocycles. The summed E-state index contributed by atoms with van der Waals surface area (Å²) in [5.41, 5.74) is 3.11. The van der Waals surface area contributed by atoms with E-state index in [1.165, 1.54) is 32.7 Å². The van der Waals surface area contributed by atoms with Crippen LogP contribution >= 0.6 is 22.9 Å². The number of fused-ring (bicyclic) bond motifs is 1. The zero-order valence-electron chi connectivity index (χ0n) is 22.5. The summed E-state index contributed by atoms with van der Waals surface area (Å²) in [4.78, 5) is 32.9. The van der Waals surface area contributed by atoms with Gasteiger partial charge in [0, 0.05) is 65.0 Å². The highest BCUT2D eigenvalue weighted by Crippen LogP contribution is 2.43. The van der Waals surface area contributed by atoms with E-state index in [0.717, 1.165) is 63.5 Å². The van der Waals surface area contributed by atoms with Crippen molar-refractivity contribution in [2.24, 2.45) is 7.05 Å². The first-order chi connectivity index (χ1) is 18.1. The Morgan fingerprint density at radius 1 is 1.18 bits per heavy atom. The number of aromatic nitrogens is 3. The van der Waals surface area contributed by atoms with Gasteiger partial charge in [0.15, 0.2) is 0 Å². The SMILES string of the molecule is CCN1CC[C@H](Oc2c(C)cc(Cl)cc2-c2ccnc3cc(Cn4c(=O)ccn(C)c4=O)sc23)CC1(C)C. The van der Waals surface area contributed by atoms with Crippen LogP contribution in [0.5, 0.6) is 5.75 Å². The second-order valence-corrected chi connectivity index (χ2v) is 12.2. The van der Waals surface area contributed by atoms with E-state index in [2.05, 4.69) is 30.7 Å². The van der Waals surface area contributed by atoms with Crippen LogP contribution in [0.3, 0.4) is 0 Å². The number of hydrogen-bond donors (Lipinski definition) is 0. The topological polar surface area (TPSA) is 69.4 Å². The Kier molecular flexibility index (Phi) is 7.24. The average Bonchev–Trinajstić information content (AvgIpc) is 3.28. The van der Waals surface area contributed by atoms with Crippen LogP contribution < -0.4 is 16.0 Å². The van der Waals surface area contributed by atoms with E-state index in [-0.39, 0.29) is 29.4 Å². The van der Waals surface area contributed by atoms with Gasteiger partial charge in [0.25, 0.3) is 5.56 Å². The molecule has 4 heterocycles. The number of rotatable bonds is 6. The number of nitrogens with zero attached hydrogens (tertiary/aromatic N) is 4. The minimum atomic E-state index is -0.346. The lowest BCUT2D eigenvalue weighted by atomic mass is 9.88. The van der Waals surface area contributed by atoms with Crippen LogP contribution in [0.25, 0.3) is 21.3 Å². The Balaban J connectivity index is 1.55. The molecule has 38 heavy (non-hydrogen) atoms. The number of hydrogen-bond acceptors (Lipinski definition) is 6. The lowest BCUT2D eigenvalue weighted by molar-refractivity contribution is 0.0122. The van der Waals surface area contributed by atoms with Crippen molar-refractivity contribution in [3.63, 3.8) is 0 Å². The van der Waals surface area contributed by atoms with Gasteiger partial charge in [0.1, 0.15) is 11.9 Å². The molecular weight excluding hydrogens is 520 g/mol. The molecule has 0 saturated carbocycles. The maximum absolute atomic E-state index is 12.6. The molecule has 1 aliphatic rings. The highest BCUT2D eigenvalue weighted by Gasteiger charge is 2.35. The van der Waals surface area contributed by atoms with Crippen LogP contribution in [0.2, 0.25) is 5.02 Å². The molecule has 1 atom stereocenters. The summed E-state index contributed by atoms with van der Waals surface area (Å²) >= 11 is 8.09. The predicted octanol–water partition coefficient (Wildman–Crippen LogP) is 5.48. The number of benzene rings is 1. The first-order valence-corrected chi connectivity index (χ1v) is 14.1. The Bertz CT molecular complexity index is 1620. The van der Waals surface area contributed by atoms with Crippen LogP contribution in [0.4, 0.5) is 0 Å². The van der Waals surface area contributed by atoms with Gasteiger partial charge in [0.05, 0.1) is 16.8 Å². The zero-order chi connectivity index (χ0) is 27.2. The molecule has 7 nitrogen and oxygen atoms in total. The maximum atomic E-state index is 12.6. The molecule has 0 bridgehead atoms. The fourth-order valence-electron chi connectivity index (χ4n) is 5.52. The smallest absolute Gasteiger partial charge is 0.331 e. The molecular formula is C29H33ClN4O3S. The van der Waals surface area contributed by atoms with Crippen LogP contribution in [0, 0.1) is 6.92 Å². The lowest BCUT2D eigenvalue weighted by Crippen LogP contribution is -2.52. The highest BCUT2D eigenvalue weighted by atomic mass is 35.5. The Hall–Kier alpha value is -2.94. The molecule has 0 spiro atoms. The van der Waals surface area contributed by atoms with Gasteiger partial charge in [-0.05, 0) is 63.6 Å². The van der Waals surface area contributed by atoms with Gasteiger partial charge < -0.3 is 9.30 Å². The monoisotopic (exact) mass is 552 g/mol. The van der Waals surface area contributed by atoms with Crippen LogP contribution in [0.1, 0.15) is 44.1 Å². The second kappa shape index (κ2) is 10.3. The average molecular weight is 553 g/mol. The summed E-state index contributed by atoms with van der Waals surface area (Å²) in [5, 5.41) is 0.645. The molecule has 3 aromatic heterocycles. The van der Waals surface area contributed by atoms with E-state index < -0.39 is 0 Å². The van der Waals surface area contributed by atoms with E-state index in [0.29, 0.717) is 5.02 Å². The maximum Gasteiger partial charge on any atom is 0.331 e.